The van der Waals surface area contributed by atoms with Gasteiger partial charge in [0.25, 0.3) is 0 Å². The first kappa shape index (κ1) is 20.5. The first-order valence-corrected chi connectivity index (χ1v) is 9.58. The Bertz CT molecular complexity index is 781. The molecule has 0 saturated carbocycles. The Labute approximate surface area is 165 Å². The molecule has 1 aliphatic heterocycles. The number of benzene rings is 1. The van der Waals surface area contributed by atoms with Crippen LogP contribution in [0.15, 0.2) is 36.7 Å². The smallest absolute Gasteiger partial charge is 0.237 e. The summed E-state index contributed by atoms with van der Waals surface area (Å²) in [4.78, 5) is 11.0. The highest BCUT2D eigenvalue weighted by atomic mass is 19.1. The van der Waals surface area contributed by atoms with E-state index in [1.165, 1.54) is 6.07 Å². The van der Waals surface area contributed by atoms with Crippen molar-refractivity contribution in [2.75, 3.05) is 19.7 Å². The largest absolute Gasteiger partial charge is 0.490 e. The fourth-order valence-electron chi connectivity index (χ4n) is 3.21. The Balaban J connectivity index is 1.62. The molecule has 3 rings (SSSR count). The van der Waals surface area contributed by atoms with Gasteiger partial charge in [0.05, 0.1) is 12.7 Å². The number of halogens is 1. The second-order valence-electron chi connectivity index (χ2n) is 8.12. The van der Waals surface area contributed by atoms with E-state index in [2.05, 4.69) is 14.9 Å². The summed E-state index contributed by atoms with van der Waals surface area (Å²) >= 11 is 0. The quantitative estimate of drug-likeness (QED) is 0.819. The van der Waals surface area contributed by atoms with Gasteiger partial charge >= 0.3 is 0 Å². The number of hydrogen-bond donors (Lipinski definition) is 1. The van der Waals surface area contributed by atoms with Crippen molar-refractivity contribution in [1.29, 1.82) is 0 Å². The van der Waals surface area contributed by atoms with Crippen molar-refractivity contribution in [3.05, 3.63) is 48.2 Å². The van der Waals surface area contributed by atoms with Gasteiger partial charge in [-0.05, 0) is 39.3 Å². The maximum atomic E-state index is 13.8. The molecule has 28 heavy (non-hydrogen) atoms. The van der Waals surface area contributed by atoms with E-state index >= 15 is 0 Å². The maximum Gasteiger partial charge on any atom is 0.237 e. The van der Waals surface area contributed by atoms with E-state index < -0.39 is 11.9 Å². The second-order valence-corrected chi connectivity index (χ2v) is 8.12. The number of piperidine rings is 1. The average molecular weight is 389 g/mol. The predicted molar refractivity (Wildman–Crippen MR) is 104 cm³/mol. The molecule has 0 spiro atoms. The van der Waals surface area contributed by atoms with Crippen LogP contribution in [0.3, 0.4) is 0 Å². The van der Waals surface area contributed by atoms with Crippen LogP contribution in [0.25, 0.3) is 0 Å². The number of hydrogen-bond acceptors (Lipinski definition) is 6. The highest BCUT2D eigenvalue weighted by molar-refractivity contribution is 5.23. The first-order chi connectivity index (χ1) is 13.3. The number of aromatic nitrogens is 2. The van der Waals surface area contributed by atoms with Gasteiger partial charge < -0.3 is 14.6 Å². The van der Waals surface area contributed by atoms with E-state index in [4.69, 9.17) is 9.47 Å². The Kier molecular flexibility index (Phi) is 6.46. The number of nitrogens with zero attached hydrogens (tertiary/aromatic N) is 3. The van der Waals surface area contributed by atoms with Gasteiger partial charge in [-0.1, -0.05) is 12.1 Å². The third kappa shape index (κ3) is 5.62. The first-order valence-electron chi connectivity index (χ1n) is 9.58. The molecule has 2 heterocycles. The highest BCUT2D eigenvalue weighted by Gasteiger charge is 2.29. The van der Waals surface area contributed by atoms with Crippen LogP contribution in [0.4, 0.5) is 4.39 Å². The van der Waals surface area contributed by atoms with Crippen molar-refractivity contribution in [2.24, 2.45) is 5.92 Å². The minimum absolute atomic E-state index is 0.114. The standard InChI is InChI=1S/C21H28FN3O3/c1-21(2,3)28-20-17(23-9-10-24-20)13-25-11-8-18(26)15(12-25)14-27-19-7-5-4-6-16(19)22/h4-7,9-10,15,18,26H,8,11-14H2,1-3H3/t15-,18-/m1/s1. The van der Waals surface area contributed by atoms with Gasteiger partial charge in [0.1, 0.15) is 11.3 Å². The Morgan fingerprint density at radius 2 is 1.96 bits per heavy atom. The molecule has 0 amide bonds. The molecule has 7 heteroatoms. The van der Waals surface area contributed by atoms with Gasteiger partial charge in [0.2, 0.25) is 5.88 Å². The number of ether oxygens (including phenoxy) is 2. The molecule has 0 unspecified atom stereocenters. The van der Waals surface area contributed by atoms with Gasteiger partial charge in [-0.3, -0.25) is 9.88 Å². The fraction of sp³-hybridized carbons (Fsp3) is 0.524. The molecule has 0 bridgehead atoms. The zero-order chi connectivity index (χ0) is 20.1. The highest BCUT2D eigenvalue weighted by Crippen LogP contribution is 2.25. The van der Waals surface area contributed by atoms with Crippen molar-refractivity contribution in [1.82, 2.24) is 14.9 Å². The third-order valence-electron chi connectivity index (χ3n) is 4.58. The van der Waals surface area contributed by atoms with Crippen LogP contribution < -0.4 is 9.47 Å². The summed E-state index contributed by atoms with van der Waals surface area (Å²) in [6, 6.07) is 6.31. The maximum absolute atomic E-state index is 13.8. The lowest BCUT2D eigenvalue weighted by atomic mass is 9.95. The summed E-state index contributed by atoms with van der Waals surface area (Å²) < 4.78 is 25.3. The minimum Gasteiger partial charge on any atom is -0.490 e. The molecule has 0 aliphatic carbocycles. The van der Waals surface area contributed by atoms with Crippen LogP contribution in [0, 0.1) is 11.7 Å². The van der Waals surface area contributed by atoms with Crippen LogP contribution in [0.2, 0.25) is 0 Å². The molecule has 0 radical (unpaired) electrons. The van der Waals surface area contributed by atoms with Crippen LogP contribution in [-0.4, -0.2) is 51.4 Å². The SMILES string of the molecule is CC(C)(C)Oc1nccnc1CN1CC[C@@H](O)[C@@H](COc2ccccc2F)C1. The molecule has 1 aromatic heterocycles. The molecule has 152 valence electrons. The number of aliphatic hydroxyl groups is 1. The lowest BCUT2D eigenvalue weighted by Gasteiger charge is -2.36. The minimum atomic E-state index is -0.477. The average Bonchev–Trinajstić information content (AvgIpc) is 2.64. The van der Waals surface area contributed by atoms with Crippen LogP contribution in [0.1, 0.15) is 32.9 Å². The van der Waals surface area contributed by atoms with Crippen molar-refractivity contribution < 1.29 is 19.0 Å². The number of likely N-dealkylation sites (tertiary alicyclic amines) is 1. The van der Waals surface area contributed by atoms with Gasteiger partial charge in [0.15, 0.2) is 11.6 Å². The summed E-state index contributed by atoms with van der Waals surface area (Å²) in [6.07, 6.45) is 3.43. The summed E-state index contributed by atoms with van der Waals surface area (Å²) in [5.41, 5.74) is 0.404. The molecular formula is C21H28FN3O3. The number of aliphatic hydroxyl groups excluding tert-OH is 1. The zero-order valence-corrected chi connectivity index (χ0v) is 16.6. The Morgan fingerprint density at radius 3 is 2.71 bits per heavy atom. The summed E-state index contributed by atoms with van der Waals surface area (Å²) in [5, 5.41) is 10.4. The molecule has 1 saturated heterocycles. The van der Waals surface area contributed by atoms with Crippen molar-refractivity contribution in [2.45, 2.75) is 45.4 Å². The second kappa shape index (κ2) is 8.84. The van der Waals surface area contributed by atoms with E-state index in [9.17, 15) is 9.50 Å². The van der Waals surface area contributed by atoms with E-state index in [1.54, 1.807) is 30.6 Å². The summed E-state index contributed by atoms with van der Waals surface area (Å²) in [6.45, 7) is 8.10. The molecule has 1 aliphatic rings. The Hall–Kier alpha value is -2.25. The van der Waals surface area contributed by atoms with Gasteiger partial charge in [0, 0.05) is 37.9 Å². The van der Waals surface area contributed by atoms with E-state index in [0.717, 1.165) is 12.2 Å². The van der Waals surface area contributed by atoms with Crippen LogP contribution >= 0.6 is 0 Å². The number of rotatable bonds is 6. The third-order valence-corrected chi connectivity index (χ3v) is 4.58. The molecule has 1 fully saturated rings. The topological polar surface area (TPSA) is 67.7 Å². The van der Waals surface area contributed by atoms with Crippen molar-refractivity contribution in [3.8, 4) is 11.6 Å². The summed E-state index contributed by atoms with van der Waals surface area (Å²) in [7, 11) is 0. The number of para-hydroxylation sites is 1. The lowest BCUT2D eigenvalue weighted by Crippen LogP contribution is -2.45. The molecular weight excluding hydrogens is 361 g/mol. The van der Waals surface area contributed by atoms with E-state index in [0.29, 0.717) is 25.4 Å². The fourth-order valence-corrected chi connectivity index (χ4v) is 3.21. The van der Waals surface area contributed by atoms with Crippen LogP contribution in [-0.2, 0) is 6.54 Å². The van der Waals surface area contributed by atoms with Gasteiger partial charge in [-0.15, -0.1) is 0 Å². The van der Waals surface area contributed by atoms with Gasteiger partial charge in [-0.2, -0.15) is 0 Å². The van der Waals surface area contributed by atoms with Crippen LogP contribution in [0.5, 0.6) is 11.6 Å². The van der Waals surface area contributed by atoms with Crippen molar-refractivity contribution in [3.63, 3.8) is 0 Å². The monoisotopic (exact) mass is 389 g/mol. The van der Waals surface area contributed by atoms with Crippen molar-refractivity contribution >= 4 is 0 Å². The molecule has 1 N–H and O–H groups in total. The van der Waals surface area contributed by atoms with E-state index in [-0.39, 0.29) is 23.9 Å². The molecule has 2 aromatic rings. The lowest BCUT2D eigenvalue weighted by molar-refractivity contribution is 0.00133. The predicted octanol–water partition coefficient (Wildman–Crippen LogP) is 3.05. The molecule has 2 atom stereocenters. The van der Waals surface area contributed by atoms with Gasteiger partial charge in [-0.25, -0.2) is 9.37 Å². The normalized spacial score (nSPS) is 20.8. The summed E-state index contributed by atoms with van der Waals surface area (Å²) in [5.74, 6) is 0.229. The molecule has 6 nitrogen and oxygen atoms in total. The zero-order valence-electron chi connectivity index (χ0n) is 16.6. The molecule has 1 aromatic carbocycles. The Morgan fingerprint density at radius 1 is 1.21 bits per heavy atom. The van der Waals surface area contributed by atoms with E-state index in [1.807, 2.05) is 20.8 Å².